The van der Waals surface area contributed by atoms with E-state index < -0.39 is 0 Å². The Hall–Kier alpha value is -0.815. The quantitative estimate of drug-likeness (QED) is 0.302. The molecule has 0 aliphatic heterocycles. The Kier molecular flexibility index (Phi) is 4.58. The van der Waals surface area contributed by atoms with E-state index in [0.717, 1.165) is 0 Å². The second kappa shape index (κ2) is 5.18. The smallest absolute Gasteiger partial charge is 0.144 e. The summed E-state index contributed by atoms with van der Waals surface area (Å²) < 4.78 is 0. The predicted octanol–water partition coefficient (Wildman–Crippen LogP) is 0.652. The van der Waals surface area contributed by atoms with Crippen LogP contribution < -0.4 is 0 Å². The highest BCUT2D eigenvalue weighted by atomic mass is 13.4. The zero-order valence-corrected chi connectivity index (χ0v) is 4.58. The third kappa shape index (κ3) is 5.18. The molecule has 0 aromatic rings. The Labute approximate surface area is 45.5 Å². The first-order valence-corrected chi connectivity index (χ1v) is 2.08. The minimum absolute atomic E-state index is 1.64. The Morgan fingerprint density at radius 1 is 1.00 bits per heavy atom. The summed E-state index contributed by atoms with van der Waals surface area (Å²) >= 11 is 0. The van der Waals surface area contributed by atoms with Gasteiger partial charge in [0.25, 0.3) is 0 Å². The van der Waals surface area contributed by atoms with Gasteiger partial charge in [0, 0.05) is 0 Å². The molecule has 0 amide bonds. The third-order valence-electron chi connectivity index (χ3n) is 0.433. The number of rotatable bonds is 0. The Morgan fingerprint density at radius 3 is 1.71 bits per heavy atom. The monoisotopic (exact) mass is 89.1 g/mol. The fourth-order valence-corrected chi connectivity index (χ4v) is 0.180. The lowest BCUT2D eigenvalue weighted by atomic mass is 9.82. The van der Waals surface area contributed by atoms with Crippen LogP contribution in [0.2, 0.25) is 0 Å². The lowest BCUT2D eigenvalue weighted by Gasteiger charge is -1.59. The lowest BCUT2D eigenvalue weighted by Crippen LogP contribution is -1.74. The van der Waals surface area contributed by atoms with Crippen molar-refractivity contribution >= 4 is 7.28 Å². The summed E-state index contributed by atoms with van der Waals surface area (Å²) in [6.45, 7) is 3.57. The van der Waals surface area contributed by atoms with Gasteiger partial charge < -0.3 is 0 Å². The van der Waals surface area contributed by atoms with Crippen LogP contribution in [0.5, 0.6) is 0 Å². The van der Waals surface area contributed by atoms with Gasteiger partial charge in [-0.15, -0.1) is 23.5 Å². The zero-order valence-electron chi connectivity index (χ0n) is 4.58. The van der Waals surface area contributed by atoms with Gasteiger partial charge in [-0.2, -0.15) is 0 Å². The zero-order chi connectivity index (χ0) is 5.54. The molecule has 0 aromatic heterocycles. The Morgan fingerprint density at radius 2 is 1.43 bits per heavy atom. The number of hydrogen-bond acceptors (Lipinski definition) is 0. The van der Waals surface area contributed by atoms with E-state index in [9.17, 15) is 0 Å². The van der Waals surface area contributed by atoms with Gasteiger partial charge in [0.1, 0.15) is 0 Å². The third-order valence-corrected chi connectivity index (χ3v) is 0.433. The summed E-state index contributed by atoms with van der Waals surface area (Å²) in [5.41, 5.74) is 0. The summed E-state index contributed by atoms with van der Waals surface area (Å²) in [6.07, 6.45) is 0. The molecule has 0 fully saturated rings. The average Bonchev–Trinajstić information content (AvgIpc) is 1.69. The molecule has 0 rings (SSSR count). The molecule has 0 heterocycles. The average molecular weight is 88.9 g/mol. The highest BCUT2D eigenvalue weighted by Crippen LogP contribution is 1.51. The molecule has 0 saturated carbocycles. The van der Waals surface area contributed by atoms with Crippen molar-refractivity contribution in [2.45, 2.75) is 13.8 Å². The van der Waals surface area contributed by atoms with Gasteiger partial charge in [-0.3, -0.25) is 0 Å². The molecule has 0 nitrogen and oxygen atoms in total. The van der Waals surface area contributed by atoms with Gasteiger partial charge in [0.2, 0.25) is 0 Å². The van der Waals surface area contributed by atoms with E-state index in [4.69, 9.17) is 0 Å². The standard InChI is InChI=1S/C6H6B/c1-3-5-7-6-4-2/h1-2H3. The molecule has 0 N–H and O–H groups in total. The van der Waals surface area contributed by atoms with Crippen molar-refractivity contribution in [2.75, 3.05) is 0 Å². The maximum absolute atomic E-state index is 2.70. The maximum Gasteiger partial charge on any atom is 0.314 e. The van der Waals surface area contributed by atoms with Crippen LogP contribution in [0.4, 0.5) is 0 Å². The van der Waals surface area contributed by atoms with Crippen molar-refractivity contribution in [2.24, 2.45) is 0 Å². The minimum Gasteiger partial charge on any atom is -0.144 e. The normalized spacial score (nSPS) is 4.29. The second-order valence-electron chi connectivity index (χ2n) is 0.933. The van der Waals surface area contributed by atoms with E-state index in [-0.39, 0.29) is 0 Å². The molecular weight excluding hydrogens is 82.9 g/mol. The molecule has 33 valence electrons. The van der Waals surface area contributed by atoms with Gasteiger partial charge in [0.05, 0.1) is 0 Å². The first-order valence-electron chi connectivity index (χ1n) is 2.08. The van der Waals surface area contributed by atoms with Crippen LogP contribution in [0.15, 0.2) is 0 Å². The molecule has 1 radical (unpaired) electrons. The van der Waals surface area contributed by atoms with Crippen LogP contribution in [-0.4, -0.2) is 7.28 Å². The molecule has 0 bridgehead atoms. The summed E-state index contributed by atoms with van der Waals surface area (Å²) in [6, 6.07) is 0. The van der Waals surface area contributed by atoms with Gasteiger partial charge >= 0.3 is 7.28 Å². The first kappa shape index (κ1) is 6.18. The van der Waals surface area contributed by atoms with Crippen molar-refractivity contribution < 1.29 is 0 Å². The van der Waals surface area contributed by atoms with E-state index in [1.54, 1.807) is 21.1 Å². The van der Waals surface area contributed by atoms with Crippen LogP contribution in [0.1, 0.15) is 13.8 Å². The minimum atomic E-state index is 1.64. The van der Waals surface area contributed by atoms with Crippen LogP contribution >= 0.6 is 0 Å². The second-order valence-corrected chi connectivity index (χ2v) is 0.933. The van der Waals surface area contributed by atoms with Gasteiger partial charge in [0.15, 0.2) is 0 Å². The van der Waals surface area contributed by atoms with Crippen LogP contribution in [-0.2, 0) is 0 Å². The fourth-order valence-electron chi connectivity index (χ4n) is 0.180. The molecule has 0 unspecified atom stereocenters. The van der Waals surface area contributed by atoms with E-state index in [0.29, 0.717) is 0 Å². The molecule has 0 atom stereocenters. The molecule has 0 spiro atoms. The van der Waals surface area contributed by atoms with E-state index >= 15 is 0 Å². The van der Waals surface area contributed by atoms with Crippen LogP contribution in [0.25, 0.3) is 0 Å². The van der Waals surface area contributed by atoms with Crippen molar-refractivity contribution in [1.82, 2.24) is 0 Å². The molecule has 0 saturated heterocycles. The van der Waals surface area contributed by atoms with Gasteiger partial charge in [-0.05, 0) is 13.8 Å². The van der Waals surface area contributed by atoms with Crippen molar-refractivity contribution in [3.63, 3.8) is 0 Å². The summed E-state index contributed by atoms with van der Waals surface area (Å²) in [5.74, 6) is 10.8. The van der Waals surface area contributed by atoms with Gasteiger partial charge in [-0.1, -0.05) is 0 Å². The first-order chi connectivity index (χ1) is 3.41. The maximum atomic E-state index is 2.70. The number of hydrogen-bond donors (Lipinski definition) is 0. The molecular formula is C6H6B. The van der Waals surface area contributed by atoms with Crippen LogP contribution in [0, 0.1) is 23.5 Å². The van der Waals surface area contributed by atoms with Crippen molar-refractivity contribution in [3.8, 4) is 23.5 Å². The van der Waals surface area contributed by atoms with E-state index in [1.165, 1.54) is 0 Å². The molecule has 0 aliphatic carbocycles. The highest BCUT2D eigenvalue weighted by Gasteiger charge is 1.65. The van der Waals surface area contributed by atoms with Crippen LogP contribution in [0.3, 0.4) is 0 Å². The predicted molar refractivity (Wildman–Crippen MR) is 32.7 cm³/mol. The SMILES string of the molecule is CC#C[B]C#CC. The lowest BCUT2D eigenvalue weighted by molar-refractivity contribution is 1.93. The highest BCUT2D eigenvalue weighted by molar-refractivity contribution is 6.55. The topological polar surface area (TPSA) is 0 Å². The summed E-state index contributed by atoms with van der Waals surface area (Å²) in [5, 5.41) is 0. The summed E-state index contributed by atoms with van der Waals surface area (Å²) in [7, 11) is 1.64. The van der Waals surface area contributed by atoms with E-state index in [2.05, 4.69) is 23.5 Å². The fraction of sp³-hybridized carbons (Fsp3) is 0.333. The Bertz CT molecular complexity index is 119. The summed E-state index contributed by atoms with van der Waals surface area (Å²) in [4.78, 5) is 0. The van der Waals surface area contributed by atoms with Crippen molar-refractivity contribution in [1.29, 1.82) is 0 Å². The van der Waals surface area contributed by atoms with Crippen molar-refractivity contribution in [3.05, 3.63) is 0 Å². The molecule has 1 heteroatoms. The molecule has 0 aliphatic rings. The molecule has 7 heavy (non-hydrogen) atoms. The molecule has 0 aromatic carbocycles. The largest absolute Gasteiger partial charge is 0.314 e. The van der Waals surface area contributed by atoms with Gasteiger partial charge in [-0.25, -0.2) is 0 Å². The Balaban J connectivity index is 3.21. The van der Waals surface area contributed by atoms with E-state index in [1.807, 2.05) is 0 Å².